The Bertz CT molecular complexity index is 1210. The molecule has 0 spiro atoms. The molecule has 1 unspecified atom stereocenters. The van der Waals surface area contributed by atoms with Gasteiger partial charge in [0.25, 0.3) is 10.1 Å². The third-order valence-corrected chi connectivity index (χ3v) is 7.28. The van der Waals surface area contributed by atoms with Crippen LogP contribution in [0, 0.1) is 0 Å². The maximum Gasteiger partial charge on any atom is 0.283 e. The van der Waals surface area contributed by atoms with Crippen molar-refractivity contribution in [2.75, 3.05) is 0 Å². The first-order valence-corrected chi connectivity index (χ1v) is 10.9. The average Bonchev–Trinajstić information content (AvgIpc) is 2.63. The van der Waals surface area contributed by atoms with Gasteiger partial charge in [0.1, 0.15) is 11.5 Å². The zero-order valence-corrected chi connectivity index (χ0v) is 18.1. The molecule has 0 radical (unpaired) electrons. The molecule has 0 aliphatic heterocycles. The number of phenolic OH excluding ortho intramolecular Hbond substituents is 2. The molecule has 0 aromatic heterocycles. The number of phenols is 2. The van der Waals surface area contributed by atoms with E-state index in [1.54, 1.807) is 0 Å². The number of benzene rings is 3. The summed E-state index contributed by atoms with van der Waals surface area (Å²) in [4.78, 5) is 0. The third kappa shape index (κ3) is 3.54. The first-order valence-electron chi connectivity index (χ1n) is 7.90. The van der Waals surface area contributed by atoms with E-state index < -0.39 is 26.4 Å². The first-order chi connectivity index (χ1) is 13.5. The Morgan fingerprint density at radius 3 is 1.93 bits per heavy atom. The molecule has 0 aliphatic carbocycles. The second-order valence-corrected chi connectivity index (χ2v) is 9.22. The van der Waals surface area contributed by atoms with E-state index in [1.807, 2.05) is 0 Å². The summed E-state index contributed by atoms with van der Waals surface area (Å²) >= 11 is 24.8. The van der Waals surface area contributed by atoms with E-state index in [4.69, 9.17) is 46.4 Å². The number of para-hydroxylation sites is 1. The minimum atomic E-state index is -5.13. The Morgan fingerprint density at radius 1 is 0.690 bits per heavy atom. The van der Waals surface area contributed by atoms with Crippen LogP contribution in [0.2, 0.25) is 20.1 Å². The van der Waals surface area contributed by atoms with Gasteiger partial charge in [-0.1, -0.05) is 76.7 Å². The van der Waals surface area contributed by atoms with Crippen molar-refractivity contribution in [3.05, 3.63) is 91.4 Å². The minimum absolute atomic E-state index is 0.00797. The lowest BCUT2D eigenvalue weighted by molar-refractivity contribution is 0.440. The number of hydrogen-bond acceptors (Lipinski definition) is 4. The zero-order valence-electron chi connectivity index (χ0n) is 14.3. The highest BCUT2D eigenvalue weighted by Crippen LogP contribution is 2.52. The summed E-state index contributed by atoms with van der Waals surface area (Å²) in [6.07, 6.45) is 0. The Hall–Kier alpha value is -1.67. The molecule has 0 saturated heterocycles. The molecule has 3 aromatic carbocycles. The van der Waals surface area contributed by atoms with Crippen molar-refractivity contribution in [3.63, 3.8) is 0 Å². The van der Waals surface area contributed by atoms with Gasteiger partial charge >= 0.3 is 0 Å². The second-order valence-electron chi connectivity index (χ2n) is 6.06. The molecule has 3 rings (SSSR count). The van der Waals surface area contributed by atoms with Crippen LogP contribution in [0.15, 0.2) is 54.6 Å². The van der Waals surface area contributed by atoms with E-state index in [0.717, 1.165) is 12.1 Å². The monoisotopic (exact) mass is 492 g/mol. The molecule has 0 bridgehead atoms. The quantitative estimate of drug-likeness (QED) is 0.311. The van der Waals surface area contributed by atoms with Crippen LogP contribution in [0.25, 0.3) is 0 Å². The molecule has 0 fully saturated rings. The molecule has 0 amide bonds. The zero-order chi connectivity index (χ0) is 21.6. The van der Waals surface area contributed by atoms with Gasteiger partial charge in [-0.3, -0.25) is 4.55 Å². The van der Waals surface area contributed by atoms with Crippen molar-refractivity contribution in [1.29, 1.82) is 0 Å². The van der Waals surface area contributed by atoms with Crippen molar-refractivity contribution in [3.8, 4) is 11.5 Å². The highest BCUT2D eigenvalue weighted by atomic mass is 35.5. The molecule has 29 heavy (non-hydrogen) atoms. The summed E-state index contributed by atoms with van der Waals surface area (Å²) in [5.41, 5.74) is -0.648. The number of halogens is 4. The van der Waals surface area contributed by atoms with E-state index in [9.17, 15) is 23.2 Å². The topological polar surface area (TPSA) is 94.8 Å². The summed E-state index contributed by atoms with van der Waals surface area (Å²) in [6, 6.07) is 11.8. The van der Waals surface area contributed by atoms with Crippen LogP contribution in [0.1, 0.15) is 16.7 Å². The lowest BCUT2D eigenvalue weighted by atomic mass is 9.83. The van der Waals surface area contributed by atoms with Gasteiger partial charge in [-0.2, -0.15) is 8.42 Å². The molecule has 0 saturated carbocycles. The second kappa shape index (κ2) is 7.87. The van der Waals surface area contributed by atoms with E-state index >= 15 is 0 Å². The molecule has 5 nitrogen and oxygen atoms in total. The smallest absolute Gasteiger partial charge is 0.283 e. The molecule has 0 heterocycles. The van der Waals surface area contributed by atoms with Crippen LogP contribution in [0.4, 0.5) is 0 Å². The number of hydrogen-bond donors (Lipinski definition) is 3. The summed E-state index contributed by atoms with van der Waals surface area (Å²) in [5, 5.41) is 19.7. The molecule has 152 valence electrons. The van der Waals surface area contributed by atoms with Gasteiger partial charge in [0.2, 0.25) is 0 Å². The Kier molecular flexibility index (Phi) is 5.98. The van der Waals surface area contributed by atoms with Crippen molar-refractivity contribution < 1.29 is 23.2 Å². The normalized spacial score (nSPS) is 13.8. The predicted octanol–water partition coefficient (Wildman–Crippen LogP) is 5.89. The fourth-order valence-corrected chi connectivity index (χ4v) is 5.57. The summed E-state index contributed by atoms with van der Waals surface area (Å²) in [5.74, 6) is -0.861. The van der Waals surface area contributed by atoms with E-state index in [0.29, 0.717) is 0 Å². The molecule has 1 atom stereocenters. The van der Waals surface area contributed by atoms with E-state index in [1.165, 1.54) is 42.5 Å². The predicted molar refractivity (Wildman–Crippen MR) is 114 cm³/mol. The van der Waals surface area contributed by atoms with Gasteiger partial charge in [0, 0.05) is 27.8 Å². The molecule has 10 heteroatoms. The first kappa shape index (κ1) is 22.0. The largest absolute Gasteiger partial charge is 0.508 e. The van der Waals surface area contributed by atoms with Crippen LogP contribution >= 0.6 is 46.4 Å². The summed E-state index contributed by atoms with van der Waals surface area (Å²) in [7, 11) is -5.13. The van der Waals surface area contributed by atoms with Gasteiger partial charge in [-0.15, -0.1) is 0 Å². The van der Waals surface area contributed by atoms with Gasteiger partial charge in [0.15, 0.2) is 4.75 Å². The van der Waals surface area contributed by atoms with Gasteiger partial charge in [-0.05, 0) is 18.2 Å². The average molecular weight is 494 g/mol. The van der Waals surface area contributed by atoms with Crippen molar-refractivity contribution in [1.82, 2.24) is 0 Å². The van der Waals surface area contributed by atoms with Gasteiger partial charge in [0.05, 0.1) is 15.1 Å². The Balaban J connectivity index is 2.66. The van der Waals surface area contributed by atoms with Crippen molar-refractivity contribution >= 4 is 56.5 Å². The van der Waals surface area contributed by atoms with E-state index in [2.05, 4.69) is 0 Å². The Labute approximate surface area is 186 Å². The SMILES string of the molecule is O=S(=O)(O)C(c1ccccc1O)(c1cc(Cl)c(O)cc1Cl)c1cccc(Cl)c1Cl. The highest BCUT2D eigenvalue weighted by molar-refractivity contribution is 7.87. The lowest BCUT2D eigenvalue weighted by Gasteiger charge is -2.34. The van der Waals surface area contributed by atoms with Crippen LogP contribution < -0.4 is 0 Å². The molecule has 3 N–H and O–H groups in total. The third-order valence-electron chi connectivity index (χ3n) is 4.42. The maximum atomic E-state index is 13.0. The minimum Gasteiger partial charge on any atom is -0.508 e. The van der Waals surface area contributed by atoms with E-state index in [-0.39, 0.29) is 36.8 Å². The van der Waals surface area contributed by atoms with Crippen molar-refractivity contribution in [2.24, 2.45) is 0 Å². The van der Waals surface area contributed by atoms with Crippen LogP contribution in [0.3, 0.4) is 0 Å². The summed E-state index contributed by atoms with van der Waals surface area (Å²) < 4.78 is 34.0. The Morgan fingerprint density at radius 2 is 1.31 bits per heavy atom. The van der Waals surface area contributed by atoms with Gasteiger partial charge in [-0.25, -0.2) is 0 Å². The molecule has 0 aliphatic rings. The number of rotatable bonds is 4. The lowest BCUT2D eigenvalue weighted by Crippen LogP contribution is -2.39. The fourth-order valence-electron chi connectivity index (χ4n) is 3.21. The molecular formula is C19H12Cl4O5S. The van der Waals surface area contributed by atoms with Crippen LogP contribution in [0.5, 0.6) is 11.5 Å². The van der Waals surface area contributed by atoms with Crippen LogP contribution in [-0.4, -0.2) is 23.2 Å². The fraction of sp³-hybridized carbons (Fsp3) is 0.0526. The van der Waals surface area contributed by atoms with Crippen LogP contribution in [-0.2, 0) is 14.9 Å². The van der Waals surface area contributed by atoms with Crippen molar-refractivity contribution in [2.45, 2.75) is 4.75 Å². The number of aromatic hydroxyl groups is 2. The highest BCUT2D eigenvalue weighted by Gasteiger charge is 2.52. The standard InChI is InChI=1S/C19H12Cl4O5S/c20-13-6-3-5-11(18(13)23)19(29(26,27)28,10-4-1-2-7-16(10)24)12-8-15(22)17(25)9-14(12)21/h1-9,24-25H,(H,26,27,28). The van der Waals surface area contributed by atoms with Gasteiger partial charge < -0.3 is 10.2 Å². The molecule has 3 aromatic rings. The summed E-state index contributed by atoms with van der Waals surface area (Å²) in [6.45, 7) is 0. The molecular weight excluding hydrogens is 482 g/mol. The maximum absolute atomic E-state index is 13.0.